The van der Waals surface area contributed by atoms with Gasteiger partial charge in [-0.3, -0.25) is 14.9 Å². The van der Waals surface area contributed by atoms with E-state index >= 15 is 0 Å². The van der Waals surface area contributed by atoms with E-state index < -0.39 is 5.91 Å². The Balaban J connectivity index is 1.95. The van der Waals surface area contributed by atoms with E-state index in [1.807, 2.05) is 52.0 Å². The second kappa shape index (κ2) is 8.07. The van der Waals surface area contributed by atoms with Crippen LogP contribution in [0.2, 0.25) is 0 Å². The summed E-state index contributed by atoms with van der Waals surface area (Å²) in [7, 11) is 0. The van der Waals surface area contributed by atoms with Crippen molar-refractivity contribution in [3.8, 4) is 11.8 Å². The van der Waals surface area contributed by atoms with E-state index in [1.165, 1.54) is 3.57 Å². The van der Waals surface area contributed by atoms with Gasteiger partial charge in [-0.15, -0.1) is 0 Å². The number of benzene rings is 1. The zero-order valence-electron chi connectivity index (χ0n) is 16.2. The molecular formula is C22H21IN4O. The Kier molecular flexibility index (Phi) is 5.75. The van der Waals surface area contributed by atoms with Crippen molar-refractivity contribution in [2.45, 2.75) is 27.7 Å². The fraction of sp³-hybridized carbons (Fsp3) is 0.182. The molecule has 1 N–H and O–H groups in total. The monoisotopic (exact) mass is 484 g/mol. The van der Waals surface area contributed by atoms with Crippen LogP contribution in [0.1, 0.15) is 28.3 Å². The number of nitriles is 1. The molecule has 1 amide bonds. The molecule has 0 saturated carbocycles. The summed E-state index contributed by atoms with van der Waals surface area (Å²) in [4.78, 5) is 12.6. The number of amides is 1. The SMILES string of the molecule is Cc1ccc(C)n1NC(=O)/C(C#N)=C\c1cc(C)n(-c2ccc(I)cc2)c1C. The number of nitrogens with one attached hydrogen (secondary N) is 1. The van der Waals surface area contributed by atoms with Crippen LogP contribution in [0.3, 0.4) is 0 Å². The van der Waals surface area contributed by atoms with Crippen LogP contribution < -0.4 is 5.43 Å². The van der Waals surface area contributed by atoms with Gasteiger partial charge in [0.25, 0.3) is 5.91 Å². The zero-order chi connectivity index (χ0) is 20.4. The largest absolute Gasteiger partial charge is 0.318 e. The van der Waals surface area contributed by atoms with Crippen LogP contribution in [-0.4, -0.2) is 15.2 Å². The van der Waals surface area contributed by atoms with Crippen molar-refractivity contribution in [3.63, 3.8) is 0 Å². The Labute approximate surface area is 178 Å². The lowest BCUT2D eigenvalue weighted by molar-refractivity contribution is -0.113. The Bertz CT molecular complexity index is 1090. The van der Waals surface area contributed by atoms with Crippen LogP contribution >= 0.6 is 22.6 Å². The number of carbonyl (C=O) groups is 1. The lowest BCUT2D eigenvalue weighted by atomic mass is 10.1. The predicted octanol–water partition coefficient (Wildman–Crippen LogP) is 4.79. The molecule has 0 bridgehead atoms. The van der Waals surface area contributed by atoms with Gasteiger partial charge in [0.1, 0.15) is 11.6 Å². The molecule has 0 radical (unpaired) electrons. The third kappa shape index (κ3) is 3.90. The number of rotatable bonds is 4. The lowest BCUT2D eigenvalue weighted by Crippen LogP contribution is -2.25. The topological polar surface area (TPSA) is 62.8 Å². The molecule has 5 nitrogen and oxygen atoms in total. The number of carbonyl (C=O) groups excluding carboxylic acids is 1. The predicted molar refractivity (Wildman–Crippen MR) is 120 cm³/mol. The zero-order valence-corrected chi connectivity index (χ0v) is 18.4. The lowest BCUT2D eigenvalue weighted by Gasteiger charge is -2.11. The summed E-state index contributed by atoms with van der Waals surface area (Å²) in [6.45, 7) is 7.81. The van der Waals surface area contributed by atoms with Gasteiger partial charge in [0.2, 0.25) is 0 Å². The third-order valence-electron chi connectivity index (χ3n) is 4.70. The maximum Gasteiger partial charge on any atom is 0.280 e. The van der Waals surface area contributed by atoms with Crippen LogP contribution in [0.25, 0.3) is 11.8 Å². The van der Waals surface area contributed by atoms with Crippen LogP contribution in [0.15, 0.2) is 48.0 Å². The summed E-state index contributed by atoms with van der Waals surface area (Å²) in [6, 6.07) is 16.1. The van der Waals surface area contributed by atoms with Crippen molar-refractivity contribution in [1.29, 1.82) is 5.26 Å². The number of aromatic nitrogens is 2. The Morgan fingerprint density at radius 3 is 2.21 bits per heavy atom. The molecule has 0 fully saturated rings. The molecule has 6 heteroatoms. The van der Waals surface area contributed by atoms with Crippen LogP contribution in [0.5, 0.6) is 0 Å². The van der Waals surface area contributed by atoms with Crippen LogP contribution in [-0.2, 0) is 4.79 Å². The first-order chi connectivity index (χ1) is 13.3. The van der Waals surface area contributed by atoms with Crippen LogP contribution in [0.4, 0.5) is 0 Å². The summed E-state index contributed by atoms with van der Waals surface area (Å²) in [5.74, 6) is -0.427. The van der Waals surface area contributed by atoms with Crippen molar-refractivity contribution in [3.05, 3.63) is 79.9 Å². The molecule has 3 aromatic rings. The van der Waals surface area contributed by atoms with Crippen molar-refractivity contribution >= 4 is 34.6 Å². The smallest absolute Gasteiger partial charge is 0.280 e. The van der Waals surface area contributed by atoms with Gasteiger partial charge in [-0.2, -0.15) is 5.26 Å². The highest BCUT2D eigenvalue weighted by Crippen LogP contribution is 2.23. The fourth-order valence-electron chi connectivity index (χ4n) is 3.23. The number of aryl methyl sites for hydroxylation is 3. The van der Waals surface area contributed by atoms with Gasteiger partial charge in [-0.1, -0.05) is 0 Å². The van der Waals surface area contributed by atoms with Crippen molar-refractivity contribution in [2.24, 2.45) is 0 Å². The third-order valence-corrected chi connectivity index (χ3v) is 5.42. The molecule has 0 aliphatic carbocycles. The average molecular weight is 484 g/mol. The van der Waals surface area contributed by atoms with Crippen LogP contribution in [0, 0.1) is 42.6 Å². The van der Waals surface area contributed by atoms with Gasteiger partial charge in [-0.05, 0) is 104 Å². The minimum atomic E-state index is -0.427. The van der Waals surface area contributed by atoms with Gasteiger partial charge in [0.15, 0.2) is 0 Å². The van der Waals surface area contributed by atoms with Gasteiger partial charge in [0, 0.05) is 32.0 Å². The first-order valence-corrected chi connectivity index (χ1v) is 9.92. The number of nitrogens with zero attached hydrogens (tertiary/aromatic N) is 3. The van der Waals surface area contributed by atoms with E-state index in [4.69, 9.17) is 0 Å². The van der Waals surface area contributed by atoms with E-state index in [-0.39, 0.29) is 5.57 Å². The maximum atomic E-state index is 12.6. The molecule has 0 aliphatic rings. The molecule has 28 heavy (non-hydrogen) atoms. The van der Waals surface area contributed by atoms with E-state index in [0.29, 0.717) is 0 Å². The highest BCUT2D eigenvalue weighted by molar-refractivity contribution is 14.1. The number of hydrogen-bond donors (Lipinski definition) is 1. The van der Waals surface area contributed by atoms with E-state index in [2.05, 4.69) is 56.8 Å². The average Bonchev–Trinajstić information content (AvgIpc) is 3.13. The quantitative estimate of drug-likeness (QED) is 0.329. The molecule has 0 aliphatic heterocycles. The molecule has 0 atom stereocenters. The summed E-state index contributed by atoms with van der Waals surface area (Å²) >= 11 is 2.28. The van der Waals surface area contributed by atoms with Gasteiger partial charge in [-0.25, -0.2) is 0 Å². The molecule has 2 heterocycles. The second-order valence-corrected chi connectivity index (χ2v) is 7.95. The molecule has 0 spiro atoms. The molecule has 2 aromatic heterocycles. The van der Waals surface area contributed by atoms with Crippen molar-refractivity contribution < 1.29 is 4.79 Å². The van der Waals surface area contributed by atoms with E-state index in [1.54, 1.807) is 10.8 Å². The van der Waals surface area contributed by atoms with E-state index in [9.17, 15) is 10.1 Å². The maximum absolute atomic E-state index is 12.6. The second-order valence-electron chi connectivity index (χ2n) is 6.70. The molecule has 0 unspecified atom stereocenters. The van der Waals surface area contributed by atoms with Crippen molar-refractivity contribution in [1.82, 2.24) is 9.24 Å². The minimum absolute atomic E-state index is 0.0651. The highest BCUT2D eigenvalue weighted by atomic mass is 127. The molecule has 1 aromatic carbocycles. The molecule has 0 saturated heterocycles. The van der Waals surface area contributed by atoms with Gasteiger partial charge < -0.3 is 4.57 Å². The summed E-state index contributed by atoms with van der Waals surface area (Å²) in [5.41, 5.74) is 8.58. The normalized spacial score (nSPS) is 11.4. The first-order valence-electron chi connectivity index (χ1n) is 8.85. The fourth-order valence-corrected chi connectivity index (χ4v) is 3.59. The van der Waals surface area contributed by atoms with Gasteiger partial charge in [0.05, 0.1) is 0 Å². The van der Waals surface area contributed by atoms with E-state index in [0.717, 1.165) is 34.0 Å². The summed E-state index contributed by atoms with van der Waals surface area (Å²) in [5, 5.41) is 9.54. The summed E-state index contributed by atoms with van der Waals surface area (Å²) in [6.07, 6.45) is 1.65. The first kappa shape index (κ1) is 20.0. The molecule has 3 rings (SSSR count). The Hall–Kier alpha value is -2.79. The standard InChI is InChI=1S/C22H21IN4O/c1-14-5-6-15(2)27(14)25-22(28)19(13-24)12-18-11-16(3)26(17(18)4)21-9-7-20(23)8-10-21/h5-12H,1-4H3,(H,25,28)/b19-12-. The molecule has 142 valence electrons. The van der Waals surface area contributed by atoms with Gasteiger partial charge >= 0.3 is 0 Å². The Morgan fingerprint density at radius 2 is 1.64 bits per heavy atom. The summed E-state index contributed by atoms with van der Waals surface area (Å²) < 4.78 is 4.97. The molecular weight excluding hydrogens is 463 g/mol. The number of hydrogen-bond acceptors (Lipinski definition) is 2. The van der Waals surface area contributed by atoms with Crippen molar-refractivity contribution in [2.75, 3.05) is 5.43 Å². The minimum Gasteiger partial charge on any atom is -0.318 e. The highest BCUT2D eigenvalue weighted by Gasteiger charge is 2.15. The number of halogens is 1. The Morgan fingerprint density at radius 1 is 1.04 bits per heavy atom.